The Balaban J connectivity index is 4.15. The molecular weight excluding hydrogens is 212 g/mol. The minimum Gasteiger partial charge on any atom is -0.467 e. The number of methoxy groups -OCH3 is 1. The van der Waals surface area contributed by atoms with Crippen molar-refractivity contribution in [1.29, 1.82) is 5.26 Å². The van der Waals surface area contributed by atoms with E-state index in [4.69, 9.17) is 10.00 Å². The van der Waals surface area contributed by atoms with Gasteiger partial charge in [-0.3, -0.25) is 4.79 Å². The van der Waals surface area contributed by atoms with E-state index in [-0.39, 0.29) is 19.4 Å². The number of rotatable bonds is 7. The van der Waals surface area contributed by atoms with E-state index in [1.54, 1.807) is 6.92 Å². The number of ether oxygens (including phenoxy) is 2. The first-order valence-electron chi connectivity index (χ1n) is 4.97. The molecule has 0 spiro atoms. The van der Waals surface area contributed by atoms with Gasteiger partial charge >= 0.3 is 5.97 Å². The molecule has 1 atom stereocenters. The molecule has 0 bridgehead atoms. The summed E-state index contributed by atoms with van der Waals surface area (Å²) in [6.07, 6.45) is 0.412. The molecule has 0 saturated carbocycles. The number of nitrogens with one attached hydrogen (secondary N) is 1. The van der Waals surface area contributed by atoms with Crippen LogP contribution in [0.1, 0.15) is 19.8 Å². The third-order valence-electron chi connectivity index (χ3n) is 1.80. The molecule has 0 aromatic heterocycles. The molecule has 6 nitrogen and oxygen atoms in total. The lowest BCUT2D eigenvalue weighted by molar-refractivity contribution is -0.145. The number of nitriles is 1. The Labute approximate surface area is 94.5 Å². The lowest BCUT2D eigenvalue weighted by Gasteiger charge is -2.14. The van der Waals surface area contributed by atoms with E-state index in [9.17, 15) is 9.59 Å². The Hall–Kier alpha value is -1.61. The van der Waals surface area contributed by atoms with Crippen molar-refractivity contribution in [2.75, 3.05) is 20.3 Å². The summed E-state index contributed by atoms with van der Waals surface area (Å²) in [5.74, 6) is -0.949. The van der Waals surface area contributed by atoms with Crippen molar-refractivity contribution < 1.29 is 19.1 Å². The van der Waals surface area contributed by atoms with Crippen LogP contribution in [-0.2, 0) is 19.1 Å². The van der Waals surface area contributed by atoms with Crippen LogP contribution in [0.2, 0.25) is 0 Å². The number of carbonyl (C=O) groups is 2. The van der Waals surface area contributed by atoms with Crippen molar-refractivity contribution in [3.8, 4) is 6.07 Å². The van der Waals surface area contributed by atoms with Gasteiger partial charge < -0.3 is 14.8 Å². The molecule has 0 fully saturated rings. The average Bonchev–Trinajstić information content (AvgIpc) is 2.30. The second kappa shape index (κ2) is 8.68. The SMILES string of the molecule is CCOCC(=O)N[C@H](CCC#N)C(=O)OC. The highest BCUT2D eigenvalue weighted by atomic mass is 16.5. The van der Waals surface area contributed by atoms with Gasteiger partial charge in [0.2, 0.25) is 5.91 Å². The van der Waals surface area contributed by atoms with Gasteiger partial charge in [0.1, 0.15) is 12.6 Å². The van der Waals surface area contributed by atoms with Crippen LogP contribution in [-0.4, -0.2) is 38.2 Å². The monoisotopic (exact) mass is 228 g/mol. The zero-order valence-electron chi connectivity index (χ0n) is 9.49. The van der Waals surface area contributed by atoms with Gasteiger partial charge in [-0.1, -0.05) is 0 Å². The van der Waals surface area contributed by atoms with E-state index in [0.717, 1.165) is 0 Å². The Bertz CT molecular complexity index is 272. The molecule has 0 aromatic rings. The first-order valence-corrected chi connectivity index (χ1v) is 4.97. The number of hydrogen-bond acceptors (Lipinski definition) is 5. The fourth-order valence-corrected chi connectivity index (χ4v) is 1.03. The van der Waals surface area contributed by atoms with Crippen LogP contribution in [0.3, 0.4) is 0 Å². The Morgan fingerprint density at radius 1 is 1.50 bits per heavy atom. The number of carbonyl (C=O) groups excluding carboxylic acids is 2. The van der Waals surface area contributed by atoms with Gasteiger partial charge in [-0.05, 0) is 13.3 Å². The van der Waals surface area contributed by atoms with Gasteiger partial charge in [0, 0.05) is 13.0 Å². The lowest BCUT2D eigenvalue weighted by atomic mass is 10.1. The normalized spacial score (nSPS) is 11.3. The zero-order chi connectivity index (χ0) is 12.4. The minimum absolute atomic E-state index is 0.101. The van der Waals surface area contributed by atoms with Crippen LogP contribution in [0.25, 0.3) is 0 Å². The molecule has 1 N–H and O–H groups in total. The summed E-state index contributed by atoms with van der Waals surface area (Å²) in [5, 5.41) is 10.9. The van der Waals surface area contributed by atoms with Crippen LogP contribution in [0, 0.1) is 11.3 Å². The Kier molecular flexibility index (Phi) is 7.81. The van der Waals surface area contributed by atoms with Crippen LogP contribution >= 0.6 is 0 Å². The van der Waals surface area contributed by atoms with Crippen molar-refractivity contribution >= 4 is 11.9 Å². The van der Waals surface area contributed by atoms with Crippen molar-refractivity contribution in [2.24, 2.45) is 0 Å². The number of esters is 1. The van der Waals surface area contributed by atoms with Gasteiger partial charge in [-0.25, -0.2) is 4.79 Å². The summed E-state index contributed by atoms with van der Waals surface area (Å²) in [4.78, 5) is 22.5. The summed E-state index contributed by atoms with van der Waals surface area (Å²) >= 11 is 0. The number of hydrogen-bond donors (Lipinski definition) is 1. The lowest BCUT2D eigenvalue weighted by Crippen LogP contribution is -2.43. The van der Waals surface area contributed by atoms with E-state index < -0.39 is 17.9 Å². The highest BCUT2D eigenvalue weighted by molar-refractivity contribution is 5.85. The second-order valence-corrected chi connectivity index (χ2v) is 2.98. The fourth-order valence-electron chi connectivity index (χ4n) is 1.03. The molecule has 0 unspecified atom stereocenters. The summed E-state index contributed by atoms with van der Waals surface area (Å²) in [6, 6.07) is 1.12. The van der Waals surface area contributed by atoms with Gasteiger partial charge in [0.05, 0.1) is 13.2 Å². The third-order valence-corrected chi connectivity index (χ3v) is 1.80. The van der Waals surface area contributed by atoms with E-state index in [1.807, 2.05) is 6.07 Å². The summed E-state index contributed by atoms with van der Waals surface area (Å²) in [7, 11) is 1.23. The van der Waals surface area contributed by atoms with Crippen LogP contribution in [0.5, 0.6) is 0 Å². The van der Waals surface area contributed by atoms with Gasteiger partial charge in [0.25, 0.3) is 0 Å². The molecule has 0 heterocycles. The first-order chi connectivity index (χ1) is 7.65. The highest BCUT2D eigenvalue weighted by Crippen LogP contribution is 1.99. The molecule has 6 heteroatoms. The van der Waals surface area contributed by atoms with E-state index >= 15 is 0 Å². The van der Waals surface area contributed by atoms with Crippen molar-refractivity contribution in [3.63, 3.8) is 0 Å². The predicted octanol–water partition coefficient (Wildman–Crippen LogP) is -0.0155. The van der Waals surface area contributed by atoms with Gasteiger partial charge in [-0.2, -0.15) is 5.26 Å². The van der Waals surface area contributed by atoms with Crippen molar-refractivity contribution in [2.45, 2.75) is 25.8 Å². The zero-order valence-corrected chi connectivity index (χ0v) is 9.49. The molecule has 0 aliphatic heterocycles. The second-order valence-electron chi connectivity index (χ2n) is 2.98. The van der Waals surface area contributed by atoms with Gasteiger partial charge in [-0.15, -0.1) is 0 Å². The quantitative estimate of drug-likeness (QED) is 0.619. The van der Waals surface area contributed by atoms with Crippen LogP contribution < -0.4 is 5.32 Å². The Morgan fingerprint density at radius 3 is 2.69 bits per heavy atom. The predicted molar refractivity (Wildman–Crippen MR) is 55.3 cm³/mol. The van der Waals surface area contributed by atoms with Gasteiger partial charge in [0.15, 0.2) is 0 Å². The molecule has 90 valence electrons. The van der Waals surface area contributed by atoms with Crippen molar-refractivity contribution in [3.05, 3.63) is 0 Å². The average molecular weight is 228 g/mol. The van der Waals surface area contributed by atoms with E-state index in [2.05, 4.69) is 10.1 Å². The van der Waals surface area contributed by atoms with E-state index in [1.165, 1.54) is 7.11 Å². The Morgan fingerprint density at radius 2 is 2.19 bits per heavy atom. The summed E-state index contributed by atoms with van der Waals surface area (Å²) in [5.41, 5.74) is 0. The maximum Gasteiger partial charge on any atom is 0.328 e. The molecule has 0 aliphatic carbocycles. The minimum atomic E-state index is -0.780. The molecule has 0 radical (unpaired) electrons. The first kappa shape index (κ1) is 14.4. The molecule has 0 aromatic carbocycles. The molecule has 1 amide bonds. The van der Waals surface area contributed by atoms with Crippen LogP contribution in [0.15, 0.2) is 0 Å². The number of nitrogens with zero attached hydrogens (tertiary/aromatic N) is 1. The molecule has 0 saturated heterocycles. The molecule has 16 heavy (non-hydrogen) atoms. The molecule has 0 aliphatic rings. The topological polar surface area (TPSA) is 88.4 Å². The molecular formula is C10H16N2O4. The van der Waals surface area contributed by atoms with Crippen molar-refractivity contribution in [1.82, 2.24) is 5.32 Å². The fraction of sp³-hybridized carbons (Fsp3) is 0.700. The summed E-state index contributed by atoms with van der Waals surface area (Å²) < 4.78 is 9.40. The smallest absolute Gasteiger partial charge is 0.328 e. The maximum absolute atomic E-state index is 11.3. The van der Waals surface area contributed by atoms with E-state index in [0.29, 0.717) is 6.61 Å². The molecule has 0 rings (SSSR count). The highest BCUT2D eigenvalue weighted by Gasteiger charge is 2.20. The largest absolute Gasteiger partial charge is 0.467 e. The summed E-state index contributed by atoms with van der Waals surface area (Å²) in [6.45, 7) is 2.09. The van der Waals surface area contributed by atoms with Crippen LogP contribution in [0.4, 0.5) is 0 Å². The maximum atomic E-state index is 11.3. The standard InChI is InChI=1S/C10H16N2O4/c1-3-16-7-9(13)12-8(5-4-6-11)10(14)15-2/h8H,3-5,7H2,1-2H3,(H,12,13)/t8-/m1/s1. The number of amides is 1. The third kappa shape index (κ3) is 5.98.